The molecule has 0 saturated carbocycles. The Bertz CT molecular complexity index is 980. The van der Waals surface area contributed by atoms with Gasteiger partial charge in [-0.05, 0) is 11.1 Å². The van der Waals surface area contributed by atoms with Crippen molar-refractivity contribution in [2.45, 2.75) is 50.3 Å². The zero-order chi connectivity index (χ0) is 23.0. The molecular weight excluding hydrogens is 438 g/mol. The maximum Gasteiger partial charge on any atom is 0.397 e. The summed E-state index contributed by atoms with van der Waals surface area (Å²) in [4.78, 5) is 0. The van der Waals surface area contributed by atoms with Gasteiger partial charge in [-0.2, -0.15) is 13.7 Å². The van der Waals surface area contributed by atoms with Crippen molar-refractivity contribution in [2.24, 2.45) is 0 Å². The Labute approximate surface area is 187 Å². The van der Waals surface area contributed by atoms with Crippen molar-refractivity contribution in [3.8, 4) is 6.07 Å². The van der Waals surface area contributed by atoms with Gasteiger partial charge in [-0.3, -0.25) is 4.55 Å². The van der Waals surface area contributed by atoms with Crippen LogP contribution in [0.1, 0.15) is 17.5 Å². The molecule has 172 valence electrons. The van der Waals surface area contributed by atoms with E-state index in [1.165, 1.54) is 7.11 Å². The van der Waals surface area contributed by atoms with E-state index in [1.54, 1.807) is 0 Å². The SMILES string of the molecule is CO[C@H]1O[C@H](CC#N)[C@H](OS(=O)(=O)O)[C@H](OCc2ccccc2)[C@H]1OCc1ccccc1. The van der Waals surface area contributed by atoms with Gasteiger partial charge in [-0.15, -0.1) is 0 Å². The molecule has 1 N–H and O–H groups in total. The van der Waals surface area contributed by atoms with E-state index in [9.17, 15) is 18.2 Å². The van der Waals surface area contributed by atoms with Crippen molar-refractivity contribution in [1.82, 2.24) is 0 Å². The number of nitriles is 1. The summed E-state index contributed by atoms with van der Waals surface area (Å²) in [6.07, 6.45) is -5.48. The van der Waals surface area contributed by atoms with Crippen molar-refractivity contribution in [3.05, 3.63) is 71.8 Å². The highest BCUT2D eigenvalue weighted by Crippen LogP contribution is 2.32. The van der Waals surface area contributed by atoms with Gasteiger partial charge < -0.3 is 18.9 Å². The summed E-state index contributed by atoms with van der Waals surface area (Å²) in [6, 6.07) is 20.5. The van der Waals surface area contributed by atoms with E-state index in [2.05, 4.69) is 0 Å². The van der Waals surface area contributed by atoms with E-state index < -0.39 is 41.1 Å². The number of benzene rings is 2. The first-order valence-corrected chi connectivity index (χ1v) is 11.3. The summed E-state index contributed by atoms with van der Waals surface area (Å²) >= 11 is 0. The molecule has 9 nitrogen and oxygen atoms in total. The summed E-state index contributed by atoms with van der Waals surface area (Å²) in [5, 5.41) is 9.20. The van der Waals surface area contributed by atoms with Crippen LogP contribution in [0.2, 0.25) is 0 Å². The van der Waals surface area contributed by atoms with Crippen LogP contribution in [-0.2, 0) is 46.7 Å². The molecule has 2 aromatic rings. The van der Waals surface area contributed by atoms with Gasteiger partial charge in [0.05, 0.1) is 25.7 Å². The minimum atomic E-state index is -4.87. The van der Waals surface area contributed by atoms with Crippen LogP contribution in [0.25, 0.3) is 0 Å². The molecule has 1 heterocycles. The molecule has 10 heteroatoms. The summed E-state index contributed by atoms with van der Waals surface area (Å²) in [6.45, 7) is 0.277. The van der Waals surface area contributed by atoms with E-state index in [4.69, 9.17) is 23.1 Å². The first-order chi connectivity index (χ1) is 15.4. The zero-order valence-electron chi connectivity index (χ0n) is 17.4. The van der Waals surface area contributed by atoms with Crippen LogP contribution in [-0.4, -0.2) is 50.8 Å². The number of hydrogen-bond donors (Lipinski definition) is 1. The fourth-order valence-corrected chi connectivity index (χ4v) is 3.99. The molecule has 0 bridgehead atoms. The standard InChI is InChI=1S/C22H25NO8S/c1-27-22-21(29-15-17-10-6-3-7-11-17)20(28-14-16-8-4-2-5-9-16)19(31-32(24,25)26)18(30-22)12-13-23/h2-11,18-22H,12,14-15H2,1H3,(H,24,25,26)/t18-,19+,20+,21-,22+/m1/s1. The van der Waals surface area contributed by atoms with Crippen LogP contribution >= 0.6 is 0 Å². The van der Waals surface area contributed by atoms with E-state index in [1.807, 2.05) is 66.7 Å². The predicted octanol–water partition coefficient (Wildman–Crippen LogP) is 2.63. The lowest BCUT2D eigenvalue weighted by Crippen LogP contribution is -2.60. The summed E-state index contributed by atoms with van der Waals surface area (Å²) in [7, 11) is -3.46. The summed E-state index contributed by atoms with van der Waals surface area (Å²) in [5.41, 5.74) is 1.70. The number of hydrogen-bond acceptors (Lipinski definition) is 8. The quantitative estimate of drug-likeness (QED) is 0.529. The molecular formula is C22H25NO8S. The minimum Gasteiger partial charge on any atom is -0.368 e. The van der Waals surface area contributed by atoms with E-state index in [-0.39, 0.29) is 19.6 Å². The van der Waals surface area contributed by atoms with Gasteiger partial charge in [0.15, 0.2) is 6.29 Å². The Kier molecular flexibility index (Phi) is 8.72. The second-order valence-corrected chi connectivity index (χ2v) is 8.20. The van der Waals surface area contributed by atoms with E-state index in [0.717, 1.165) is 11.1 Å². The number of ether oxygens (including phenoxy) is 4. The molecule has 0 amide bonds. The largest absolute Gasteiger partial charge is 0.397 e. The second-order valence-electron chi connectivity index (χ2n) is 7.15. The highest BCUT2D eigenvalue weighted by Gasteiger charge is 2.50. The van der Waals surface area contributed by atoms with Crippen molar-refractivity contribution >= 4 is 10.4 Å². The van der Waals surface area contributed by atoms with Crippen molar-refractivity contribution in [3.63, 3.8) is 0 Å². The maximum absolute atomic E-state index is 11.6. The van der Waals surface area contributed by atoms with Gasteiger partial charge in [-0.1, -0.05) is 60.7 Å². The normalized spacial score (nSPS) is 25.8. The molecule has 2 aromatic carbocycles. The molecule has 32 heavy (non-hydrogen) atoms. The molecule has 3 rings (SSSR count). The van der Waals surface area contributed by atoms with Crippen LogP contribution < -0.4 is 0 Å². The number of nitrogens with zero attached hydrogens (tertiary/aromatic N) is 1. The van der Waals surface area contributed by atoms with Gasteiger partial charge >= 0.3 is 10.4 Å². The first-order valence-electron chi connectivity index (χ1n) is 9.93. The van der Waals surface area contributed by atoms with Crippen LogP contribution in [0.5, 0.6) is 0 Å². The molecule has 1 aliphatic heterocycles. The smallest absolute Gasteiger partial charge is 0.368 e. The third-order valence-corrected chi connectivity index (χ3v) is 5.38. The summed E-state index contributed by atoms with van der Waals surface area (Å²) < 4.78 is 60.7. The Morgan fingerprint density at radius 3 is 1.94 bits per heavy atom. The third-order valence-electron chi connectivity index (χ3n) is 4.92. The summed E-state index contributed by atoms with van der Waals surface area (Å²) in [5.74, 6) is 0. The zero-order valence-corrected chi connectivity index (χ0v) is 18.3. The fourth-order valence-electron chi connectivity index (χ4n) is 3.48. The van der Waals surface area contributed by atoms with Gasteiger partial charge in [0.25, 0.3) is 0 Å². The lowest BCUT2D eigenvalue weighted by atomic mass is 9.96. The molecule has 1 aliphatic rings. The predicted molar refractivity (Wildman–Crippen MR) is 112 cm³/mol. The molecule has 0 unspecified atom stereocenters. The second kappa shape index (κ2) is 11.5. The van der Waals surface area contributed by atoms with Crippen molar-refractivity contribution in [1.29, 1.82) is 5.26 Å². The van der Waals surface area contributed by atoms with Crippen LogP contribution in [0.15, 0.2) is 60.7 Å². The lowest BCUT2D eigenvalue weighted by molar-refractivity contribution is -0.305. The van der Waals surface area contributed by atoms with Gasteiger partial charge in [0, 0.05) is 7.11 Å². The van der Waals surface area contributed by atoms with Crippen LogP contribution in [0, 0.1) is 11.3 Å². The van der Waals surface area contributed by atoms with Crippen LogP contribution in [0.4, 0.5) is 0 Å². The minimum absolute atomic E-state index is 0.109. The highest BCUT2D eigenvalue weighted by molar-refractivity contribution is 7.80. The average Bonchev–Trinajstić information content (AvgIpc) is 2.78. The van der Waals surface area contributed by atoms with Gasteiger partial charge in [0.2, 0.25) is 0 Å². The Morgan fingerprint density at radius 2 is 1.47 bits per heavy atom. The molecule has 0 aliphatic carbocycles. The van der Waals surface area contributed by atoms with Crippen LogP contribution in [0.3, 0.4) is 0 Å². The Hall–Kier alpha value is -2.36. The Balaban J connectivity index is 1.89. The molecule has 1 fully saturated rings. The molecule has 0 spiro atoms. The lowest BCUT2D eigenvalue weighted by Gasteiger charge is -2.44. The number of methoxy groups -OCH3 is 1. The van der Waals surface area contributed by atoms with Gasteiger partial charge in [0.1, 0.15) is 24.4 Å². The fraction of sp³-hybridized carbons (Fsp3) is 0.409. The number of rotatable bonds is 10. The van der Waals surface area contributed by atoms with Crippen molar-refractivity contribution < 1.29 is 36.1 Å². The Morgan fingerprint density at radius 1 is 0.938 bits per heavy atom. The average molecular weight is 464 g/mol. The first kappa shape index (κ1) is 24.3. The van der Waals surface area contributed by atoms with Crippen molar-refractivity contribution in [2.75, 3.05) is 7.11 Å². The molecule has 0 radical (unpaired) electrons. The molecule has 5 atom stereocenters. The maximum atomic E-state index is 11.6. The third kappa shape index (κ3) is 6.82. The highest BCUT2D eigenvalue weighted by atomic mass is 32.3. The van der Waals surface area contributed by atoms with E-state index >= 15 is 0 Å². The van der Waals surface area contributed by atoms with E-state index in [0.29, 0.717) is 0 Å². The molecule has 0 aromatic heterocycles. The monoisotopic (exact) mass is 463 g/mol. The topological polar surface area (TPSA) is 124 Å². The molecule has 1 saturated heterocycles. The van der Waals surface area contributed by atoms with Gasteiger partial charge in [-0.25, -0.2) is 4.18 Å².